The Morgan fingerprint density at radius 1 is 0.968 bits per heavy atom. The molecule has 3 aromatic rings. The summed E-state index contributed by atoms with van der Waals surface area (Å²) in [5.74, 6) is 0.763. The Bertz CT molecular complexity index is 1040. The summed E-state index contributed by atoms with van der Waals surface area (Å²) < 4.78 is 0. The number of hydrogen-bond acceptors (Lipinski definition) is 4. The molecule has 0 aliphatic heterocycles. The number of carbonyl (C=O) groups is 1. The second kappa shape index (κ2) is 10.0. The van der Waals surface area contributed by atoms with Crippen LogP contribution in [0, 0.1) is 6.92 Å². The molecule has 0 spiro atoms. The lowest BCUT2D eigenvalue weighted by Gasteiger charge is -2.20. The minimum absolute atomic E-state index is 0.0204. The van der Waals surface area contributed by atoms with E-state index in [2.05, 4.69) is 51.8 Å². The van der Waals surface area contributed by atoms with Crippen LogP contribution in [0.1, 0.15) is 42.5 Å². The molecule has 0 fully saturated rings. The van der Waals surface area contributed by atoms with Crippen molar-refractivity contribution in [3.63, 3.8) is 0 Å². The molecular formula is C26H28N4O. The second-order valence-corrected chi connectivity index (χ2v) is 7.91. The van der Waals surface area contributed by atoms with Crippen LogP contribution in [0.5, 0.6) is 0 Å². The molecule has 31 heavy (non-hydrogen) atoms. The maximum absolute atomic E-state index is 13.0. The number of aryl methyl sites for hydroxylation is 1. The quantitative estimate of drug-likeness (QED) is 0.545. The number of nitrogens with one attached hydrogen (secondary N) is 2. The third-order valence-electron chi connectivity index (χ3n) is 5.58. The topological polar surface area (TPSA) is 66.9 Å². The van der Waals surface area contributed by atoms with Crippen LogP contribution in [0.3, 0.4) is 0 Å². The summed E-state index contributed by atoms with van der Waals surface area (Å²) in [7, 11) is 0. The highest BCUT2D eigenvalue weighted by Gasteiger charge is 2.20. The Hall–Kier alpha value is -3.47. The van der Waals surface area contributed by atoms with Crippen LogP contribution in [-0.4, -0.2) is 22.4 Å². The van der Waals surface area contributed by atoms with Gasteiger partial charge in [0, 0.05) is 30.4 Å². The monoisotopic (exact) mass is 412 g/mol. The van der Waals surface area contributed by atoms with Gasteiger partial charge in [-0.25, -0.2) is 4.98 Å². The summed E-state index contributed by atoms with van der Waals surface area (Å²) in [6.07, 6.45) is 8.28. The van der Waals surface area contributed by atoms with Gasteiger partial charge in [0.2, 0.25) is 0 Å². The lowest BCUT2D eigenvalue weighted by atomic mass is 9.86. The molecule has 0 unspecified atom stereocenters. The number of allylic oxidation sites excluding steroid dienone is 1. The summed E-state index contributed by atoms with van der Waals surface area (Å²) in [6.45, 7) is 2.83. The fraction of sp³-hybridized carbons (Fsp3) is 0.269. The second-order valence-electron chi connectivity index (χ2n) is 7.91. The van der Waals surface area contributed by atoms with Crippen molar-refractivity contribution in [2.45, 2.75) is 39.0 Å². The molecule has 0 bridgehead atoms. The Kier molecular flexibility index (Phi) is 6.72. The van der Waals surface area contributed by atoms with Crippen LogP contribution < -0.4 is 10.6 Å². The molecule has 2 heterocycles. The van der Waals surface area contributed by atoms with E-state index < -0.39 is 0 Å². The van der Waals surface area contributed by atoms with E-state index in [1.165, 1.54) is 11.1 Å². The minimum atomic E-state index is -0.0204. The lowest BCUT2D eigenvalue weighted by Crippen LogP contribution is -2.18. The number of benzene rings is 1. The Morgan fingerprint density at radius 2 is 1.81 bits per heavy atom. The van der Waals surface area contributed by atoms with Gasteiger partial charge >= 0.3 is 0 Å². The predicted octanol–water partition coefficient (Wildman–Crippen LogP) is 5.41. The van der Waals surface area contributed by atoms with Crippen LogP contribution in [0.4, 0.5) is 11.5 Å². The molecule has 1 aliphatic rings. The summed E-state index contributed by atoms with van der Waals surface area (Å²) >= 11 is 0. The molecular weight excluding hydrogens is 384 g/mol. The number of nitrogens with zero attached hydrogens (tertiary/aromatic N) is 2. The highest BCUT2D eigenvalue weighted by molar-refractivity contribution is 6.09. The van der Waals surface area contributed by atoms with Crippen molar-refractivity contribution in [3.05, 3.63) is 89.4 Å². The lowest BCUT2D eigenvalue weighted by molar-refractivity contribution is -0.113. The highest BCUT2D eigenvalue weighted by Crippen LogP contribution is 2.33. The van der Waals surface area contributed by atoms with E-state index in [-0.39, 0.29) is 5.91 Å². The first-order valence-corrected chi connectivity index (χ1v) is 10.9. The normalized spacial score (nSPS) is 13.7. The van der Waals surface area contributed by atoms with Gasteiger partial charge in [0.25, 0.3) is 5.91 Å². The van der Waals surface area contributed by atoms with E-state index in [0.29, 0.717) is 5.69 Å². The van der Waals surface area contributed by atoms with Crippen molar-refractivity contribution in [1.29, 1.82) is 0 Å². The van der Waals surface area contributed by atoms with Crippen molar-refractivity contribution in [2.75, 3.05) is 17.2 Å². The first-order chi connectivity index (χ1) is 15.2. The van der Waals surface area contributed by atoms with Crippen molar-refractivity contribution in [3.8, 4) is 0 Å². The predicted molar refractivity (Wildman–Crippen MR) is 126 cm³/mol. The van der Waals surface area contributed by atoms with Gasteiger partial charge in [0.05, 0.1) is 11.9 Å². The van der Waals surface area contributed by atoms with Gasteiger partial charge in [-0.3, -0.25) is 9.78 Å². The fourth-order valence-electron chi connectivity index (χ4n) is 3.87. The summed E-state index contributed by atoms with van der Waals surface area (Å²) in [6, 6.07) is 18.2. The van der Waals surface area contributed by atoms with Crippen molar-refractivity contribution in [2.24, 2.45) is 0 Å². The van der Waals surface area contributed by atoms with Crippen molar-refractivity contribution < 1.29 is 4.79 Å². The largest absolute Gasteiger partial charge is 0.370 e. The van der Waals surface area contributed by atoms with Gasteiger partial charge in [0.1, 0.15) is 5.82 Å². The smallest absolute Gasteiger partial charge is 0.251 e. The summed E-state index contributed by atoms with van der Waals surface area (Å²) in [5, 5.41) is 6.33. The molecule has 0 atom stereocenters. The Balaban J connectivity index is 1.38. The zero-order valence-corrected chi connectivity index (χ0v) is 17.9. The first kappa shape index (κ1) is 20.8. The van der Waals surface area contributed by atoms with E-state index in [1.54, 1.807) is 12.4 Å². The van der Waals surface area contributed by atoms with Crippen molar-refractivity contribution >= 4 is 23.0 Å². The molecule has 5 nitrogen and oxygen atoms in total. The fourth-order valence-corrected chi connectivity index (χ4v) is 3.87. The SMILES string of the molecule is Cc1ccc(C2=C(C(=O)Nc3ccc(NCCc4ccccn4)nc3)CCCC2)cc1. The summed E-state index contributed by atoms with van der Waals surface area (Å²) in [4.78, 5) is 21.8. The van der Waals surface area contributed by atoms with E-state index in [0.717, 1.165) is 61.3 Å². The van der Waals surface area contributed by atoms with E-state index in [9.17, 15) is 4.79 Å². The van der Waals surface area contributed by atoms with Crippen LogP contribution in [-0.2, 0) is 11.2 Å². The Morgan fingerprint density at radius 3 is 2.55 bits per heavy atom. The number of aromatic nitrogens is 2. The van der Waals surface area contributed by atoms with E-state index >= 15 is 0 Å². The van der Waals surface area contributed by atoms with E-state index in [1.807, 2.05) is 30.3 Å². The molecule has 1 aliphatic carbocycles. The van der Waals surface area contributed by atoms with E-state index in [4.69, 9.17) is 0 Å². The van der Waals surface area contributed by atoms with Crippen LogP contribution >= 0.6 is 0 Å². The number of pyridine rings is 2. The first-order valence-electron chi connectivity index (χ1n) is 10.9. The third kappa shape index (κ3) is 5.57. The average molecular weight is 413 g/mol. The number of rotatable bonds is 7. The molecule has 2 aromatic heterocycles. The average Bonchev–Trinajstić information content (AvgIpc) is 2.81. The maximum Gasteiger partial charge on any atom is 0.251 e. The van der Waals surface area contributed by atoms with Crippen molar-refractivity contribution in [1.82, 2.24) is 9.97 Å². The number of hydrogen-bond donors (Lipinski definition) is 2. The van der Waals surface area contributed by atoms with Crippen LogP contribution in [0.15, 0.2) is 72.6 Å². The zero-order valence-electron chi connectivity index (χ0n) is 17.9. The van der Waals surface area contributed by atoms with Gasteiger partial charge in [-0.05, 0) is 68.0 Å². The molecule has 1 aromatic carbocycles. The molecule has 0 saturated carbocycles. The number of anilines is 2. The number of carbonyl (C=O) groups excluding carboxylic acids is 1. The molecule has 5 heteroatoms. The van der Waals surface area contributed by atoms with Gasteiger partial charge in [-0.15, -0.1) is 0 Å². The molecule has 1 amide bonds. The molecule has 158 valence electrons. The zero-order chi connectivity index (χ0) is 21.5. The summed E-state index contributed by atoms with van der Waals surface area (Å²) in [5.41, 5.74) is 6.20. The third-order valence-corrected chi connectivity index (χ3v) is 5.58. The maximum atomic E-state index is 13.0. The molecule has 2 N–H and O–H groups in total. The van der Waals surface area contributed by atoms with Gasteiger partial charge in [0.15, 0.2) is 0 Å². The van der Waals surface area contributed by atoms with Crippen LogP contribution in [0.25, 0.3) is 5.57 Å². The Labute approximate surface area is 183 Å². The highest BCUT2D eigenvalue weighted by atomic mass is 16.1. The number of amides is 1. The van der Waals surface area contributed by atoms with Gasteiger partial charge in [-0.2, -0.15) is 0 Å². The van der Waals surface area contributed by atoms with Gasteiger partial charge < -0.3 is 10.6 Å². The molecule has 4 rings (SSSR count). The molecule has 0 radical (unpaired) electrons. The van der Waals surface area contributed by atoms with Crippen LogP contribution in [0.2, 0.25) is 0 Å². The van der Waals surface area contributed by atoms with Gasteiger partial charge in [-0.1, -0.05) is 35.9 Å². The minimum Gasteiger partial charge on any atom is -0.370 e. The standard InChI is InChI=1S/C26H28N4O/c1-19-9-11-20(12-10-19)23-7-2-3-8-24(23)26(31)30-22-13-14-25(29-18-22)28-17-15-21-6-4-5-16-27-21/h4-6,9-14,16,18H,2-3,7-8,15,17H2,1H3,(H,28,29)(H,30,31). The molecule has 0 saturated heterocycles.